The lowest BCUT2D eigenvalue weighted by Crippen LogP contribution is -2.39. The summed E-state index contributed by atoms with van der Waals surface area (Å²) in [6.45, 7) is 5.39. The zero-order valence-electron chi connectivity index (χ0n) is 12.7. The van der Waals surface area contributed by atoms with Crippen LogP contribution in [0.15, 0.2) is 30.3 Å². The maximum absolute atomic E-state index is 5.24. The van der Waals surface area contributed by atoms with Crippen LogP contribution in [0.4, 0.5) is 0 Å². The van der Waals surface area contributed by atoms with Crippen LogP contribution >= 0.6 is 0 Å². The molecule has 1 aliphatic heterocycles. The van der Waals surface area contributed by atoms with Gasteiger partial charge in [-0.05, 0) is 44.3 Å². The van der Waals surface area contributed by atoms with Gasteiger partial charge in [-0.25, -0.2) is 0 Å². The molecular weight excluding hydrogens is 248 g/mol. The second-order valence-electron chi connectivity index (χ2n) is 5.68. The largest absolute Gasteiger partial charge is 0.383 e. The van der Waals surface area contributed by atoms with E-state index < -0.39 is 0 Å². The van der Waals surface area contributed by atoms with Crippen LogP contribution in [-0.2, 0) is 11.2 Å². The predicted octanol–water partition coefficient (Wildman–Crippen LogP) is 2.32. The van der Waals surface area contributed by atoms with Crippen LogP contribution in [0.3, 0.4) is 0 Å². The number of aryl methyl sites for hydroxylation is 1. The van der Waals surface area contributed by atoms with E-state index >= 15 is 0 Å². The van der Waals surface area contributed by atoms with E-state index in [0.717, 1.165) is 26.2 Å². The SMILES string of the molecule is COCCN(CCCc1ccccc1)CC1CCCN1. The number of methoxy groups -OCH3 is 1. The summed E-state index contributed by atoms with van der Waals surface area (Å²) in [6, 6.07) is 11.5. The Balaban J connectivity index is 1.71. The van der Waals surface area contributed by atoms with Crippen LogP contribution in [0.25, 0.3) is 0 Å². The molecule has 1 N–H and O–H groups in total. The summed E-state index contributed by atoms with van der Waals surface area (Å²) < 4.78 is 5.24. The standard InChI is InChI=1S/C17H28N2O/c1-20-14-13-19(15-17-10-5-11-18-17)12-6-9-16-7-3-2-4-8-16/h2-4,7-8,17-18H,5-6,9-15H2,1H3. The van der Waals surface area contributed by atoms with Crippen molar-refractivity contribution in [3.63, 3.8) is 0 Å². The summed E-state index contributed by atoms with van der Waals surface area (Å²) in [5.74, 6) is 0. The maximum atomic E-state index is 5.24. The van der Waals surface area contributed by atoms with Gasteiger partial charge in [-0.2, -0.15) is 0 Å². The van der Waals surface area contributed by atoms with Gasteiger partial charge in [-0.15, -0.1) is 0 Å². The average molecular weight is 276 g/mol. The van der Waals surface area contributed by atoms with Gasteiger partial charge in [0.25, 0.3) is 0 Å². The normalized spacial score (nSPS) is 18.8. The molecule has 0 aromatic heterocycles. The van der Waals surface area contributed by atoms with Gasteiger partial charge in [0, 0.05) is 26.2 Å². The van der Waals surface area contributed by atoms with Gasteiger partial charge < -0.3 is 10.1 Å². The van der Waals surface area contributed by atoms with E-state index in [1.807, 2.05) is 0 Å². The molecule has 0 amide bonds. The van der Waals surface area contributed by atoms with Crippen molar-refractivity contribution in [2.75, 3.05) is 39.9 Å². The first kappa shape index (κ1) is 15.5. The fourth-order valence-corrected chi connectivity index (χ4v) is 2.89. The Kier molecular flexibility index (Phi) is 7.06. The van der Waals surface area contributed by atoms with Gasteiger partial charge in [-0.3, -0.25) is 4.90 Å². The Bertz CT molecular complexity index is 349. The highest BCUT2D eigenvalue weighted by atomic mass is 16.5. The lowest BCUT2D eigenvalue weighted by Gasteiger charge is -2.25. The first-order chi connectivity index (χ1) is 9.88. The van der Waals surface area contributed by atoms with Crippen LogP contribution in [0.2, 0.25) is 0 Å². The summed E-state index contributed by atoms with van der Waals surface area (Å²) in [5, 5.41) is 3.59. The first-order valence-electron chi connectivity index (χ1n) is 7.87. The Hall–Kier alpha value is -0.900. The van der Waals surface area contributed by atoms with Gasteiger partial charge in [0.1, 0.15) is 0 Å². The van der Waals surface area contributed by atoms with Gasteiger partial charge in [0.2, 0.25) is 0 Å². The fourth-order valence-electron chi connectivity index (χ4n) is 2.89. The number of nitrogens with zero attached hydrogens (tertiary/aromatic N) is 1. The van der Waals surface area contributed by atoms with Crippen LogP contribution in [0, 0.1) is 0 Å². The second-order valence-corrected chi connectivity index (χ2v) is 5.68. The third-order valence-corrected chi connectivity index (χ3v) is 4.04. The molecule has 112 valence electrons. The van der Waals surface area contributed by atoms with Gasteiger partial charge in [-0.1, -0.05) is 30.3 Å². The lowest BCUT2D eigenvalue weighted by molar-refractivity contribution is 0.141. The molecule has 0 radical (unpaired) electrons. The quantitative estimate of drug-likeness (QED) is 0.749. The van der Waals surface area contributed by atoms with Gasteiger partial charge >= 0.3 is 0 Å². The molecule has 0 aliphatic carbocycles. The van der Waals surface area contributed by atoms with Crippen molar-refractivity contribution in [3.05, 3.63) is 35.9 Å². The number of nitrogens with one attached hydrogen (secondary N) is 1. The molecule has 1 unspecified atom stereocenters. The summed E-state index contributed by atoms with van der Waals surface area (Å²) >= 11 is 0. The molecule has 3 nitrogen and oxygen atoms in total. The zero-order valence-corrected chi connectivity index (χ0v) is 12.7. The third-order valence-electron chi connectivity index (χ3n) is 4.04. The van der Waals surface area contributed by atoms with E-state index in [-0.39, 0.29) is 0 Å². The Labute approximate surface area is 123 Å². The van der Waals surface area contributed by atoms with Crippen molar-refractivity contribution in [1.82, 2.24) is 10.2 Å². The summed E-state index contributed by atoms with van der Waals surface area (Å²) in [7, 11) is 1.79. The topological polar surface area (TPSA) is 24.5 Å². The molecule has 1 heterocycles. The number of hydrogen-bond donors (Lipinski definition) is 1. The fraction of sp³-hybridized carbons (Fsp3) is 0.647. The van der Waals surface area contributed by atoms with Crippen LogP contribution < -0.4 is 5.32 Å². The number of ether oxygens (including phenoxy) is 1. The van der Waals surface area contributed by atoms with Crippen LogP contribution in [-0.4, -0.2) is 50.8 Å². The second kappa shape index (κ2) is 9.11. The summed E-state index contributed by atoms with van der Waals surface area (Å²) in [5.41, 5.74) is 1.44. The number of hydrogen-bond acceptors (Lipinski definition) is 3. The predicted molar refractivity (Wildman–Crippen MR) is 84.1 cm³/mol. The molecule has 3 heteroatoms. The molecule has 1 aliphatic rings. The van der Waals surface area contributed by atoms with Gasteiger partial charge in [0.15, 0.2) is 0 Å². The molecule has 20 heavy (non-hydrogen) atoms. The minimum absolute atomic E-state index is 0.684. The van der Waals surface area contributed by atoms with Crippen molar-refractivity contribution in [1.29, 1.82) is 0 Å². The monoisotopic (exact) mass is 276 g/mol. The van der Waals surface area contributed by atoms with E-state index in [2.05, 4.69) is 40.5 Å². The molecule has 2 rings (SSSR count). The van der Waals surface area contributed by atoms with Crippen molar-refractivity contribution in [2.24, 2.45) is 0 Å². The number of rotatable bonds is 9. The average Bonchev–Trinajstić information content (AvgIpc) is 2.98. The Morgan fingerprint density at radius 1 is 1.25 bits per heavy atom. The van der Waals surface area contributed by atoms with Crippen molar-refractivity contribution in [2.45, 2.75) is 31.7 Å². The molecular formula is C17H28N2O. The van der Waals surface area contributed by atoms with E-state index in [4.69, 9.17) is 4.74 Å². The molecule has 1 aromatic rings. The van der Waals surface area contributed by atoms with Crippen molar-refractivity contribution in [3.8, 4) is 0 Å². The minimum atomic E-state index is 0.684. The highest BCUT2D eigenvalue weighted by molar-refractivity contribution is 5.14. The lowest BCUT2D eigenvalue weighted by atomic mass is 10.1. The molecule has 0 saturated carbocycles. The number of benzene rings is 1. The highest BCUT2D eigenvalue weighted by Gasteiger charge is 2.17. The Morgan fingerprint density at radius 2 is 2.10 bits per heavy atom. The maximum Gasteiger partial charge on any atom is 0.0589 e. The van der Waals surface area contributed by atoms with Crippen LogP contribution in [0.5, 0.6) is 0 Å². The molecule has 0 spiro atoms. The summed E-state index contributed by atoms with van der Waals surface area (Å²) in [4.78, 5) is 2.55. The third kappa shape index (κ3) is 5.61. The van der Waals surface area contributed by atoms with E-state index in [0.29, 0.717) is 6.04 Å². The molecule has 1 aromatic carbocycles. The smallest absolute Gasteiger partial charge is 0.0589 e. The van der Waals surface area contributed by atoms with Crippen LogP contribution in [0.1, 0.15) is 24.8 Å². The molecule has 1 saturated heterocycles. The molecule has 1 fully saturated rings. The molecule has 0 bridgehead atoms. The first-order valence-corrected chi connectivity index (χ1v) is 7.87. The van der Waals surface area contributed by atoms with E-state index in [1.165, 1.54) is 37.8 Å². The summed E-state index contributed by atoms with van der Waals surface area (Å²) in [6.07, 6.45) is 5.04. The molecule has 1 atom stereocenters. The van der Waals surface area contributed by atoms with Gasteiger partial charge in [0.05, 0.1) is 6.61 Å². The van der Waals surface area contributed by atoms with Crippen molar-refractivity contribution < 1.29 is 4.74 Å². The van der Waals surface area contributed by atoms with Crippen molar-refractivity contribution >= 4 is 0 Å². The van der Waals surface area contributed by atoms with E-state index in [9.17, 15) is 0 Å². The Morgan fingerprint density at radius 3 is 2.80 bits per heavy atom. The minimum Gasteiger partial charge on any atom is -0.383 e. The zero-order chi connectivity index (χ0) is 14.0. The highest BCUT2D eigenvalue weighted by Crippen LogP contribution is 2.09. The van der Waals surface area contributed by atoms with E-state index in [1.54, 1.807) is 7.11 Å².